The number of hydrogen-bond donors (Lipinski definition) is 2. The van der Waals surface area contributed by atoms with Crippen LogP contribution in [0.15, 0.2) is 17.8 Å². The van der Waals surface area contributed by atoms with E-state index in [1.807, 2.05) is 24.6 Å². The van der Waals surface area contributed by atoms with Crippen LogP contribution in [0.4, 0.5) is 5.95 Å². The summed E-state index contributed by atoms with van der Waals surface area (Å²) >= 11 is 1.33. The van der Waals surface area contributed by atoms with Gasteiger partial charge in [-0.3, -0.25) is 0 Å². The molecule has 0 spiro atoms. The Hall–Kier alpha value is -1.89. The van der Waals surface area contributed by atoms with Crippen LogP contribution in [0.3, 0.4) is 0 Å². The minimum Gasteiger partial charge on any atom is -0.476 e. The molecule has 0 aliphatic heterocycles. The van der Waals surface area contributed by atoms with Gasteiger partial charge in [0, 0.05) is 24.3 Å². The van der Waals surface area contributed by atoms with E-state index >= 15 is 0 Å². The molecule has 96 valence electrons. The molecule has 2 rings (SSSR count). The fourth-order valence-corrected chi connectivity index (χ4v) is 2.34. The quantitative estimate of drug-likeness (QED) is 0.867. The van der Waals surface area contributed by atoms with E-state index in [2.05, 4.69) is 15.3 Å². The Morgan fingerprint density at radius 2 is 2.44 bits per heavy atom. The molecular weight excluding hydrogens is 252 g/mol. The number of thiazole rings is 1. The van der Waals surface area contributed by atoms with Crippen molar-refractivity contribution in [3.8, 4) is 0 Å². The summed E-state index contributed by atoms with van der Waals surface area (Å²) in [4.78, 5) is 19.0. The molecule has 0 aromatic carbocycles. The monoisotopic (exact) mass is 266 g/mol. The largest absolute Gasteiger partial charge is 0.476 e. The molecule has 1 atom stereocenters. The molecule has 6 nitrogen and oxygen atoms in total. The van der Waals surface area contributed by atoms with Gasteiger partial charge in [0.2, 0.25) is 5.95 Å². The van der Waals surface area contributed by atoms with E-state index in [4.69, 9.17) is 5.11 Å². The average molecular weight is 266 g/mol. The molecular formula is C11H14N4O2S. The van der Waals surface area contributed by atoms with E-state index in [1.165, 1.54) is 11.3 Å². The molecule has 7 heteroatoms. The van der Waals surface area contributed by atoms with Crippen LogP contribution >= 0.6 is 11.3 Å². The number of anilines is 1. The summed E-state index contributed by atoms with van der Waals surface area (Å²) in [6.07, 6.45) is 3.61. The molecule has 0 bridgehead atoms. The maximum atomic E-state index is 10.8. The van der Waals surface area contributed by atoms with Gasteiger partial charge in [-0.25, -0.2) is 14.8 Å². The van der Waals surface area contributed by atoms with Crippen LogP contribution < -0.4 is 5.32 Å². The van der Waals surface area contributed by atoms with E-state index in [0.29, 0.717) is 0 Å². The maximum absolute atomic E-state index is 10.8. The number of carbonyl (C=O) groups is 1. The summed E-state index contributed by atoms with van der Waals surface area (Å²) in [5.41, 5.74) is 0.0856. The van der Waals surface area contributed by atoms with Gasteiger partial charge in [0.15, 0.2) is 5.69 Å². The number of nitrogens with one attached hydrogen (secondary N) is 1. The van der Waals surface area contributed by atoms with Gasteiger partial charge in [0.05, 0.1) is 6.04 Å². The molecule has 18 heavy (non-hydrogen) atoms. The summed E-state index contributed by atoms with van der Waals surface area (Å²) in [6, 6.07) is -0.0733. The summed E-state index contributed by atoms with van der Waals surface area (Å²) in [5.74, 6) is -0.239. The van der Waals surface area contributed by atoms with Gasteiger partial charge in [0.1, 0.15) is 5.01 Å². The van der Waals surface area contributed by atoms with E-state index < -0.39 is 5.97 Å². The predicted octanol–water partition coefficient (Wildman–Crippen LogP) is 2.23. The van der Waals surface area contributed by atoms with Crippen LogP contribution in [0.5, 0.6) is 0 Å². The highest BCUT2D eigenvalue weighted by Gasteiger charge is 2.15. The molecule has 1 unspecified atom stereocenters. The van der Waals surface area contributed by atoms with Crippen molar-refractivity contribution in [2.75, 3.05) is 5.32 Å². The third-order valence-corrected chi connectivity index (χ3v) is 3.54. The fourth-order valence-electron chi connectivity index (χ4n) is 1.54. The van der Waals surface area contributed by atoms with Gasteiger partial charge in [-0.05, 0) is 13.8 Å². The zero-order valence-electron chi connectivity index (χ0n) is 10.1. The molecule has 0 aliphatic carbocycles. The van der Waals surface area contributed by atoms with Gasteiger partial charge in [-0.2, -0.15) is 0 Å². The van der Waals surface area contributed by atoms with Crippen LogP contribution in [0.25, 0.3) is 0 Å². The highest BCUT2D eigenvalue weighted by molar-refractivity contribution is 7.09. The molecule has 2 aromatic rings. The number of carboxylic acid groups (broad SMARTS) is 1. The van der Waals surface area contributed by atoms with Crippen molar-refractivity contribution in [1.29, 1.82) is 0 Å². The third kappa shape index (κ3) is 2.51. The van der Waals surface area contributed by atoms with E-state index in [9.17, 15) is 4.79 Å². The Balaban J connectivity index is 2.11. The first-order valence-corrected chi connectivity index (χ1v) is 6.46. The zero-order chi connectivity index (χ0) is 13.1. The lowest BCUT2D eigenvalue weighted by atomic mass is 10.3. The van der Waals surface area contributed by atoms with E-state index in [0.717, 1.165) is 17.5 Å². The minimum absolute atomic E-state index is 0.0733. The smallest absolute Gasteiger partial charge is 0.355 e. The Labute approximate surface area is 108 Å². The molecule has 2 aromatic heterocycles. The second kappa shape index (κ2) is 5.18. The van der Waals surface area contributed by atoms with Gasteiger partial charge in [-0.1, -0.05) is 0 Å². The first kappa shape index (κ1) is 12.6. The van der Waals surface area contributed by atoms with Crippen molar-refractivity contribution < 1.29 is 9.90 Å². The average Bonchev–Trinajstić information content (AvgIpc) is 2.96. The molecule has 2 N–H and O–H groups in total. The molecule has 0 saturated carbocycles. The van der Waals surface area contributed by atoms with Crippen LogP contribution in [0.2, 0.25) is 0 Å². The molecule has 0 fully saturated rings. The fraction of sp³-hybridized carbons (Fsp3) is 0.364. The molecule has 0 saturated heterocycles. The number of carboxylic acids is 1. The van der Waals surface area contributed by atoms with Gasteiger partial charge in [-0.15, -0.1) is 11.3 Å². The van der Waals surface area contributed by atoms with Crippen molar-refractivity contribution in [3.05, 3.63) is 28.5 Å². The predicted molar refractivity (Wildman–Crippen MR) is 69.0 cm³/mol. The number of aromatic carboxylic acids is 1. The second-order valence-corrected chi connectivity index (χ2v) is 4.67. The summed E-state index contributed by atoms with van der Waals surface area (Å²) < 4.78 is 1.97. The highest BCUT2D eigenvalue weighted by Crippen LogP contribution is 2.21. The topological polar surface area (TPSA) is 80.0 Å². The molecule has 2 heterocycles. The lowest BCUT2D eigenvalue weighted by molar-refractivity contribution is 0.0691. The van der Waals surface area contributed by atoms with Gasteiger partial charge >= 0.3 is 5.97 Å². The Morgan fingerprint density at radius 3 is 3.06 bits per heavy atom. The van der Waals surface area contributed by atoms with Crippen LogP contribution in [-0.4, -0.2) is 25.6 Å². The van der Waals surface area contributed by atoms with E-state index in [1.54, 1.807) is 11.6 Å². The first-order chi connectivity index (χ1) is 8.61. The highest BCUT2D eigenvalue weighted by atomic mass is 32.1. The molecule has 0 aliphatic rings. The van der Waals surface area contributed by atoms with Crippen molar-refractivity contribution in [1.82, 2.24) is 14.5 Å². The van der Waals surface area contributed by atoms with Crippen LogP contribution in [0, 0.1) is 0 Å². The summed E-state index contributed by atoms with van der Waals surface area (Å²) in [7, 11) is 0. The number of imidazole rings is 1. The Bertz CT molecular complexity index is 549. The minimum atomic E-state index is -1.00. The number of nitrogens with zero attached hydrogens (tertiary/aromatic N) is 3. The SMILES string of the molecule is CCn1ccnc1NC(C)c1nc(C(=O)O)cs1. The standard InChI is InChI=1S/C11H14N4O2S/c1-3-15-5-4-12-11(15)13-7(2)9-14-8(6-18-9)10(16)17/h4-7H,3H2,1-2H3,(H,12,13)(H,16,17). The number of aryl methyl sites for hydroxylation is 1. The van der Waals surface area contributed by atoms with Crippen molar-refractivity contribution in [3.63, 3.8) is 0 Å². The number of aromatic nitrogens is 3. The first-order valence-electron chi connectivity index (χ1n) is 5.58. The lowest BCUT2D eigenvalue weighted by Gasteiger charge is -2.12. The molecule has 0 radical (unpaired) electrons. The third-order valence-electron chi connectivity index (χ3n) is 2.51. The van der Waals surface area contributed by atoms with Crippen LogP contribution in [-0.2, 0) is 6.54 Å². The Morgan fingerprint density at radius 1 is 1.67 bits per heavy atom. The molecule has 0 amide bonds. The van der Waals surface area contributed by atoms with Crippen LogP contribution in [0.1, 0.15) is 35.4 Å². The lowest BCUT2D eigenvalue weighted by Crippen LogP contribution is -2.11. The van der Waals surface area contributed by atoms with Gasteiger partial charge in [0.25, 0.3) is 0 Å². The van der Waals surface area contributed by atoms with Gasteiger partial charge < -0.3 is 15.0 Å². The van der Waals surface area contributed by atoms with E-state index in [-0.39, 0.29) is 11.7 Å². The zero-order valence-corrected chi connectivity index (χ0v) is 10.9. The summed E-state index contributed by atoms with van der Waals surface area (Å²) in [6.45, 7) is 4.79. The van der Waals surface area contributed by atoms with Crippen molar-refractivity contribution in [2.24, 2.45) is 0 Å². The maximum Gasteiger partial charge on any atom is 0.355 e. The van der Waals surface area contributed by atoms with Crippen molar-refractivity contribution >= 4 is 23.3 Å². The number of hydrogen-bond acceptors (Lipinski definition) is 5. The Kier molecular flexibility index (Phi) is 3.61. The normalized spacial score (nSPS) is 12.3. The summed E-state index contributed by atoms with van der Waals surface area (Å²) in [5, 5.41) is 14.3. The second-order valence-electron chi connectivity index (χ2n) is 3.78. The van der Waals surface area contributed by atoms with Crippen molar-refractivity contribution in [2.45, 2.75) is 26.4 Å². The number of rotatable bonds is 5.